The van der Waals surface area contributed by atoms with Crippen molar-refractivity contribution in [2.45, 2.75) is 26.8 Å². The minimum absolute atomic E-state index is 0.0568. The molecule has 0 saturated heterocycles. The van der Waals surface area contributed by atoms with Gasteiger partial charge in [0.2, 0.25) is 0 Å². The summed E-state index contributed by atoms with van der Waals surface area (Å²) in [6, 6.07) is 12.9. The molecule has 142 valence electrons. The van der Waals surface area contributed by atoms with Crippen LogP contribution in [0.4, 0.5) is 0 Å². The third kappa shape index (κ3) is 3.52. The van der Waals surface area contributed by atoms with E-state index in [1.54, 1.807) is 17.2 Å². The summed E-state index contributed by atoms with van der Waals surface area (Å²) in [5.41, 5.74) is 5.79. The highest BCUT2D eigenvalue weighted by atomic mass is 16.2. The molecule has 1 unspecified atom stereocenters. The summed E-state index contributed by atoms with van der Waals surface area (Å²) in [6.45, 7) is 6.00. The van der Waals surface area contributed by atoms with E-state index < -0.39 is 0 Å². The van der Waals surface area contributed by atoms with Crippen molar-refractivity contribution < 1.29 is 4.79 Å². The van der Waals surface area contributed by atoms with Crippen molar-refractivity contribution in [1.82, 2.24) is 19.7 Å². The number of amides is 1. The van der Waals surface area contributed by atoms with Crippen molar-refractivity contribution in [3.8, 4) is 17.2 Å². The lowest BCUT2D eigenvalue weighted by atomic mass is 10.0. The lowest BCUT2D eigenvalue weighted by Gasteiger charge is -2.26. The van der Waals surface area contributed by atoms with Crippen molar-refractivity contribution in [3.05, 3.63) is 70.8 Å². The molecule has 0 aliphatic heterocycles. The van der Waals surface area contributed by atoms with Crippen molar-refractivity contribution in [1.29, 1.82) is 5.26 Å². The van der Waals surface area contributed by atoms with Crippen LogP contribution in [0.1, 0.15) is 46.0 Å². The van der Waals surface area contributed by atoms with Gasteiger partial charge >= 0.3 is 0 Å². The van der Waals surface area contributed by atoms with Gasteiger partial charge in [-0.1, -0.05) is 12.1 Å². The number of nitriles is 1. The summed E-state index contributed by atoms with van der Waals surface area (Å²) in [5.74, 6) is -0.0568. The Morgan fingerprint density at radius 2 is 1.96 bits per heavy atom. The van der Waals surface area contributed by atoms with Gasteiger partial charge in [0, 0.05) is 42.7 Å². The number of hydrogen-bond donors (Lipinski definition) is 0. The van der Waals surface area contributed by atoms with Crippen LogP contribution in [0.3, 0.4) is 0 Å². The van der Waals surface area contributed by atoms with Gasteiger partial charge in [0.1, 0.15) is 11.8 Å². The Kier molecular flexibility index (Phi) is 5.27. The Bertz CT molecular complexity index is 1060. The van der Waals surface area contributed by atoms with Gasteiger partial charge < -0.3 is 4.90 Å². The Morgan fingerprint density at radius 1 is 1.21 bits per heavy atom. The van der Waals surface area contributed by atoms with E-state index in [0.717, 1.165) is 28.1 Å². The summed E-state index contributed by atoms with van der Waals surface area (Å²) in [7, 11) is 3.73. The molecule has 1 atom stereocenters. The van der Waals surface area contributed by atoms with Gasteiger partial charge in [-0.15, -0.1) is 0 Å². The number of hydrogen-bond acceptors (Lipinski definition) is 4. The summed E-state index contributed by atoms with van der Waals surface area (Å²) >= 11 is 0. The van der Waals surface area contributed by atoms with E-state index in [1.165, 1.54) is 0 Å². The molecule has 0 fully saturated rings. The summed E-state index contributed by atoms with van der Waals surface area (Å²) in [6.07, 6.45) is 1.65. The molecule has 0 spiro atoms. The highest BCUT2D eigenvalue weighted by Gasteiger charge is 2.24. The average Bonchev–Trinajstić information content (AvgIpc) is 2.98. The second kappa shape index (κ2) is 7.65. The van der Waals surface area contributed by atoms with Crippen LogP contribution in [-0.2, 0) is 7.05 Å². The highest BCUT2D eigenvalue weighted by Crippen LogP contribution is 2.27. The molecule has 0 bridgehead atoms. The van der Waals surface area contributed by atoms with Crippen LogP contribution in [0.15, 0.2) is 42.6 Å². The third-order valence-electron chi connectivity index (χ3n) is 5.20. The Hall–Kier alpha value is -3.46. The van der Waals surface area contributed by atoms with Crippen LogP contribution in [0.5, 0.6) is 0 Å². The van der Waals surface area contributed by atoms with Crippen LogP contribution in [-0.4, -0.2) is 32.6 Å². The molecule has 0 aliphatic rings. The van der Waals surface area contributed by atoms with E-state index in [-0.39, 0.29) is 11.9 Å². The SMILES string of the molecule is Cc1nn(C)c(C)c1C(C)N(C)C(=O)c1cccc(-c2ccc(C#N)nc2)c1. The van der Waals surface area contributed by atoms with Crippen molar-refractivity contribution in [2.24, 2.45) is 7.05 Å². The zero-order chi connectivity index (χ0) is 20.4. The van der Waals surface area contributed by atoms with Crippen LogP contribution in [0, 0.1) is 25.2 Å². The van der Waals surface area contributed by atoms with E-state index in [9.17, 15) is 4.79 Å². The molecule has 28 heavy (non-hydrogen) atoms. The fourth-order valence-corrected chi connectivity index (χ4v) is 3.43. The zero-order valence-electron chi connectivity index (χ0n) is 16.8. The minimum Gasteiger partial charge on any atom is -0.335 e. The number of carbonyl (C=O) groups excluding carboxylic acids is 1. The third-order valence-corrected chi connectivity index (χ3v) is 5.20. The number of pyridine rings is 1. The number of aromatic nitrogens is 3. The van der Waals surface area contributed by atoms with Gasteiger partial charge in [-0.25, -0.2) is 4.98 Å². The predicted octanol–water partition coefficient (Wildman–Crippen LogP) is 3.80. The molecule has 3 aromatic rings. The van der Waals surface area contributed by atoms with Gasteiger partial charge in [-0.05, 0) is 50.6 Å². The predicted molar refractivity (Wildman–Crippen MR) is 108 cm³/mol. The van der Waals surface area contributed by atoms with Gasteiger partial charge in [0.05, 0.1) is 11.7 Å². The molecule has 0 saturated carbocycles. The molecule has 2 heterocycles. The fourth-order valence-electron chi connectivity index (χ4n) is 3.43. The van der Waals surface area contributed by atoms with Crippen LogP contribution < -0.4 is 0 Å². The van der Waals surface area contributed by atoms with Gasteiger partial charge in [-0.3, -0.25) is 9.48 Å². The largest absolute Gasteiger partial charge is 0.335 e. The number of aryl methyl sites for hydroxylation is 2. The minimum atomic E-state index is -0.0959. The molecular formula is C22H23N5O. The lowest BCUT2D eigenvalue weighted by Crippen LogP contribution is -2.30. The molecule has 6 nitrogen and oxygen atoms in total. The van der Waals surface area contributed by atoms with Gasteiger partial charge in [0.15, 0.2) is 0 Å². The van der Waals surface area contributed by atoms with Crippen LogP contribution in [0.2, 0.25) is 0 Å². The molecule has 3 rings (SSSR count). The van der Waals surface area contributed by atoms with Gasteiger partial charge in [-0.2, -0.15) is 10.4 Å². The van der Waals surface area contributed by atoms with Crippen molar-refractivity contribution in [3.63, 3.8) is 0 Å². The maximum Gasteiger partial charge on any atom is 0.254 e. The Labute approximate surface area is 165 Å². The number of nitrogens with zero attached hydrogens (tertiary/aromatic N) is 5. The standard InChI is InChI=1S/C22H23N5O/c1-14-21(16(3)27(5)25-14)15(2)26(4)22(28)18-8-6-7-17(11-18)19-9-10-20(12-23)24-13-19/h6-11,13,15H,1-5H3. The average molecular weight is 373 g/mol. The second-order valence-electron chi connectivity index (χ2n) is 6.92. The van der Waals surface area contributed by atoms with E-state index in [4.69, 9.17) is 5.26 Å². The lowest BCUT2D eigenvalue weighted by molar-refractivity contribution is 0.0742. The Morgan fingerprint density at radius 3 is 2.54 bits per heavy atom. The maximum atomic E-state index is 13.1. The monoisotopic (exact) mass is 373 g/mol. The first kappa shape index (κ1) is 19.3. The van der Waals surface area contributed by atoms with E-state index >= 15 is 0 Å². The number of rotatable bonds is 4. The maximum absolute atomic E-state index is 13.1. The first-order valence-electron chi connectivity index (χ1n) is 9.07. The molecular weight excluding hydrogens is 350 g/mol. The zero-order valence-corrected chi connectivity index (χ0v) is 16.8. The van der Waals surface area contributed by atoms with Crippen LogP contribution in [0.25, 0.3) is 11.1 Å². The van der Waals surface area contributed by atoms with E-state index in [1.807, 2.05) is 75.9 Å². The molecule has 1 aromatic carbocycles. The molecule has 1 amide bonds. The second-order valence-corrected chi connectivity index (χ2v) is 6.92. The van der Waals surface area contributed by atoms with Gasteiger partial charge in [0.25, 0.3) is 5.91 Å². The summed E-state index contributed by atoms with van der Waals surface area (Å²) in [4.78, 5) is 19.0. The topological polar surface area (TPSA) is 74.8 Å². The highest BCUT2D eigenvalue weighted by molar-refractivity contribution is 5.95. The molecule has 0 radical (unpaired) electrons. The van der Waals surface area contributed by atoms with Crippen molar-refractivity contribution in [2.75, 3.05) is 7.05 Å². The van der Waals surface area contributed by atoms with Crippen molar-refractivity contribution >= 4 is 5.91 Å². The molecule has 6 heteroatoms. The quantitative estimate of drug-likeness (QED) is 0.697. The van der Waals surface area contributed by atoms with Crippen LogP contribution >= 0.6 is 0 Å². The smallest absolute Gasteiger partial charge is 0.254 e. The van der Waals surface area contributed by atoms with E-state index in [0.29, 0.717) is 11.3 Å². The van der Waals surface area contributed by atoms with E-state index in [2.05, 4.69) is 10.1 Å². The first-order valence-corrected chi connectivity index (χ1v) is 9.07. The number of benzene rings is 1. The fraction of sp³-hybridized carbons (Fsp3) is 0.273. The molecule has 0 N–H and O–H groups in total. The molecule has 2 aromatic heterocycles. The first-order chi connectivity index (χ1) is 13.3. The molecule has 0 aliphatic carbocycles. The number of carbonyl (C=O) groups is 1. The summed E-state index contributed by atoms with van der Waals surface area (Å²) in [5, 5.41) is 13.4. The normalized spacial score (nSPS) is 11.7. The summed E-state index contributed by atoms with van der Waals surface area (Å²) < 4.78 is 1.85. The Balaban J connectivity index is 1.88.